The number of carbonyl (C=O) groups is 1. The van der Waals surface area contributed by atoms with Crippen molar-refractivity contribution in [1.82, 2.24) is 0 Å². The van der Waals surface area contributed by atoms with Crippen molar-refractivity contribution in [2.24, 2.45) is 0 Å². The molecule has 0 amide bonds. The predicted octanol–water partition coefficient (Wildman–Crippen LogP) is 3.88. The van der Waals surface area contributed by atoms with Crippen LogP contribution >= 0.6 is 0 Å². The molecule has 0 spiro atoms. The molecule has 2 rings (SSSR count). The first kappa shape index (κ1) is 14.3. The zero-order valence-electron chi connectivity index (χ0n) is 11.8. The molecule has 2 aromatic carbocycles. The molecule has 0 saturated carbocycles. The Morgan fingerprint density at radius 2 is 1.95 bits per heavy atom. The average Bonchev–Trinajstić information content (AvgIpc) is 2.42. The van der Waals surface area contributed by atoms with Gasteiger partial charge >= 0.3 is 0 Å². The predicted molar refractivity (Wildman–Crippen MR) is 80.8 cm³/mol. The Labute approximate surface area is 120 Å². The molecule has 0 aliphatic heterocycles. The van der Waals surface area contributed by atoms with E-state index in [1.807, 2.05) is 37.3 Å². The molecular formula is C18H19O2. The molecule has 20 heavy (non-hydrogen) atoms. The van der Waals surface area contributed by atoms with Crippen molar-refractivity contribution in [3.63, 3.8) is 0 Å². The lowest BCUT2D eigenvalue weighted by atomic mass is 9.86. The van der Waals surface area contributed by atoms with E-state index in [0.29, 0.717) is 5.56 Å². The standard InChI is InChI=1S/C18H19O2/c1-3-7-14-8-6-9-15(12-14)18(13(2)19)16-10-4-5-11-17(16)20/h3-6,8-12,18,20H,7H2,1-2H3. The third kappa shape index (κ3) is 3.08. The smallest absolute Gasteiger partial charge is 0.141 e. The van der Waals surface area contributed by atoms with E-state index in [1.165, 1.54) is 5.56 Å². The second-order valence-corrected chi connectivity index (χ2v) is 4.96. The number of phenols is 1. The fraction of sp³-hybridized carbons (Fsp3) is 0.222. The van der Waals surface area contributed by atoms with Gasteiger partial charge in [-0.3, -0.25) is 4.79 Å². The molecule has 1 atom stereocenters. The van der Waals surface area contributed by atoms with E-state index in [0.717, 1.165) is 12.0 Å². The summed E-state index contributed by atoms with van der Waals surface area (Å²) in [4.78, 5) is 12.0. The summed E-state index contributed by atoms with van der Waals surface area (Å²) in [6.45, 7) is 3.58. The Bertz CT molecular complexity index is 602. The molecule has 2 heteroatoms. The van der Waals surface area contributed by atoms with Crippen molar-refractivity contribution in [2.75, 3.05) is 0 Å². The first-order valence-corrected chi connectivity index (χ1v) is 6.78. The Morgan fingerprint density at radius 1 is 1.20 bits per heavy atom. The van der Waals surface area contributed by atoms with Gasteiger partial charge in [-0.1, -0.05) is 49.4 Å². The molecule has 0 saturated heterocycles. The number of ketones is 1. The number of hydrogen-bond donors (Lipinski definition) is 1. The molecule has 103 valence electrons. The highest BCUT2D eigenvalue weighted by Crippen LogP contribution is 2.32. The summed E-state index contributed by atoms with van der Waals surface area (Å²) < 4.78 is 0. The van der Waals surface area contributed by atoms with Gasteiger partial charge in [0.2, 0.25) is 0 Å². The second kappa shape index (κ2) is 6.38. The minimum absolute atomic E-state index is 0.0316. The fourth-order valence-electron chi connectivity index (χ4n) is 2.50. The van der Waals surface area contributed by atoms with E-state index in [-0.39, 0.29) is 11.5 Å². The van der Waals surface area contributed by atoms with Gasteiger partial charge in [0, 0.05) is 5.56 Å². The SMILES string of the molecule is C[CH]Cc1cccc(C(C(C)=O)c2ccccc2O)c1. The maximum Gasteiger partial charge on any atom is 0.141 e. The van der Waals surface area contributed by atoms with Crippen molar-refractivity contribution >= 4 is 5.78 Å². The maximum absolute atomic E-state index is 12.0. The number of phenolic OH excluding ortho intramolecular Hbond substituents is 1. The summed E-state index contributed by atoms with van der Waals surface area (Å²) >= 11 is 0. The van der Waals surface area contributed by atoms with Gasteiger partial charge in [0.1, 0.15) is 11.5 Å². The molecule has 1 N–H and O–H groups in total. The second-order valence-electron chi connectivity index (χ2n) is 4.96. The van der Waals surface area contributed by atoms with Gasteiger partial charge in [0.15, 0.2) is 0 Å². The summed E-state index contributed by atoms with van der Waals surface area (Å²) in [7, 11) is 0. The van der Waals surface area contributed by atoms with E-state index in [4.69, 9.17) is 0 Å². The molecule has 0 bridgehead atoms. The number of hydrogen-bond acceptors (Lipinski definition) is 2. The molecule has 2 aromatic rings. The highest BCUT2D eigenvalue weighted by atomic mass is 16.3. The van der Waals surface area contributed by atoms with Crippen molar-refractivity contribution in [1.29, 1.82) is 0 Å². The monoisotopic (exact) mass is 267 g/mol. The normalized spacial score (nSPS) is 12.1. The molecular weight excluding hydrogens is 248 g/mol. The number of para-hydroxylation sites is 1. The summed E-state index contributed by atoms with van der Waals surface area (Å²) in [5.41, 5.74) is 2.77. The van der Waals surface area contributed by atoms with Crippen molar-refractivity contribution in [3.8, 4) is 5.75 Å². The summed E-state index contributed by atoms with van der Waals surface area (Å²) in [6, 6.07) is 15.0. The third-order valence-electron chi connectivity index (χ3n) is 3.38. The lowest BCUT2D eigenvalue weighted by Crippen LogP contribution is -2.11. The quantitative estimate of drug-likeness (QED) is 0.892. The Morgan fingerprint density at radius 3 is 2.60 bits per heavy atom. The Hall–Kier alpha value is -2.09. The van der Waals surface area contributed by atoms with Gasteiger partial charge in [0.25, 0.3) is 0 Å². The van der Waals surface area contributed by atoms with E-state index in [1.54, 1.807) is 25.1 Å². The van der Waals surface area contributed by atoms with Crippen LogP contribution in [0.3, 0.4) is 0 Å². The number of benzene rings is 2. The Kier molecular flexibility index (Phi) is 4.57. The van der Waals surface area contributed by atoms with Crippen molar-refractivity contribution in [3.05, 3.63) is 71.6 Å². The summed E-state index contributed by atoms with van der Waals surface area (Å²) in [5.74, 6) is -0.211. The third-order valence-corrected chi connectivity index (χ3v) is 3.38. The van der Waals surface area contributed by atoms with Crippen LogP contribution in [0.2, 0.25) is 0 Å². The first-order chi connectivity index (χ1) is 9.63. The number of Topliss-reactive ketones (excluding diaryl/α,β-unsaturated/α-hetero) is 1. The number of carbonyl (C=O) groups excluding carboxylic acids is 1. The molecule has 0 aliphatic rings. The lowest BCUT2D eigenvalue weighted by Gasteiger charge is -2.17. The lowest BCUT2D eigenvalue weighted by molar-refractivity contribution is -0.117. The Balaban J connectivity index is 2.47. The minimum atomic E-state index is -0.409. The van der Waals surface area contributed by atoms with Gasteiger partial charge in [-0.25, -0.2) is 0 Å². The van der Waals surface area contributed by atoms with Crippen LogP contribution in [0.25, 0.3) is 0 Å². The van der Waals surface area contributed by atoms with Gasteiger partial charge in [-0.05, 0) is 37.0 Å². The number of rotatable bonds is 5. The van der Waals surface area contributed by atoms with Crippen LogP contribution in [-0.4, -0.2) is 10.9 Å². The van der Waals surface area contributed by atoms with Crippen LogP contribution in [0.15, 0.2) is 48.5 Å². The van der Waals surface area contributed by atoms with E-state index < -0.39 is 5.92 Å². The van der Waals surface area contributed by atoms with E-state index >= 15 is 0 Å². The summed E-state index contributed by atoms with van der Waals surface area (Å²) in [6.07, 6.45) is 2.96. The fourth-order valence-corrected chi connectivity index (χ4v) is 2.50. The first-order valence-electron chi connectivity index (χ1n) is 6.78. The molecule has 0 aliphatic carbocycles. The van der Waals surface area contributed by atoms with E-state index in [9.17, 15) is 9.90 Å². The average molecular weight is 267 g/mol. The van der Waals surface area contributed by atoms with Crippen LogP contribution in [0.4, 0.5) is 0 Å². The van der Waals surface area contributed by atoms with Gasteiger partial charge < -0.3 is 5.11 Å². The van der Waals surface area contributed by atoms with Gasteiger partial charge in [-0.2, -0.15) is 0 Å². The van der Waals surface area contributed by atoms with E-state index in [2.05, 4.69) is 6.42 Å². The van der Waals surface area contributed by atoms with Crippen molar-refractivity contribution in [2.45, 2.75) is 26.2 Å². The van der Waals surface area contributed by atoms with Crippen LogP contribution in [0.1, 0.15) is 36.5 Å². The molecule has 0 fully saturated rings. The molecule has 1 unspecified atom stereocenters. The highest BCUT2D eigenvalue weighted by Gasteiger charge is 2.22. The molecule has 0 heterocycles. The highest BCUT2D eigenvalue weighted by molar-refractivity contribution is 5.87. The zero-order valence-corrected chi connectivity index (χ0v) is 11.8. The number of aromatic hydroxyl groups is 1. The summed E-state index contributed by atoms with van der Waals surface area (Å²) in [5, 5.41) is 10.0. The maximum atomic E-state index is 12.0. The van der Waals surface area contributed by atoms with Gasteiger partial charge in [0.05, 0.1) is 5.92 Å². The van der Waals surface area contributed by atoms with Crippen LogP contribution in [0.5, 0.6) is 5.75 Å². The molecule has 0 aromatic heterocycles. The zero-order chi connectivity index (χ0) is 14.5. The molecule has 1 radical (unpaired) electrons. The topological polar surface area (TPSA) is 37.3 Å². The van der Waals surface area contributed by atoms with Crippen molar-refractivity contribution < 1.29 is 9.90 Å². The van der Waals surface area contributed by atoms with Crippen LogP contribution in [0, 0.1) is 6.42 Å². The molecule has 2 nitrogen and oxygen atoms in total. The minimum Gasteiger partial charge on any atom is -0.508 e. The van der Waals surface area contributed by atoms with Crippen LogP contribution in [-0.2, 0) is 11.2 Å². The van der Waals surface area contributed by atoms with Gasteiger partial charge in [-0.15, -0.1) is 0 Å². The van der Waals surface area contributed by atoms with Crippen LogP contribution < -0.4 is 0 Å². The largest absolute Gasteiger partial charge is 0.508 e.